The molecule has 0 N–H and O–H groups in total. The maximum Gasteiger partial charge on any atom is 0.320 e. The lowest BCUT2D eigenvalue weighted by atomic mass is 10.3. The summed E-state index contributed by atoms with van der Waals surface area (Å²) in [5.74, 6) is 0.649. The molecule has 1 aliphatic heterocycles. The Balaban J connectivity index is 1.74. The molecule has 1 aromatic carbocycles. The van der Waals surface area contributed by atoms with Gasteiger partial charge in [0.25, 0.3) is 0 Å². The molecule has 5 nitrogen and oxygen atoms in total. The maximum absolute atomic E-state index is 11.5. The number of nitrogens with zero attached hydrogens (tertiary/aromatic N) is 1. The van der Waals surface area contributed by atoms with Crippen molar-refractivity contribution in [1.82, 2.24) is 4.90 Å². The zero-order valence-electron chi connectivity index (χ0n) is 11.8. The van der Waals surface area contributed by atoms with Crippen LogP contribution in [0, 0.1) is 0 Å². The molecule has 5 heteroatoms. The lowest BCUT2D eigenvalue weighted by Crippen LogP contribution is -2.47. The van der Waals surface area contributed by atoms with Gasteiger partial charge in [0.1, 0.15) is 18.5 Å². The first-order valence-electron chi connectivity index (χ1n) is 6.95. The largest absolute Gasteiger partial charge is 0.491 e. The van der Waals surface area contributed by atoms with E-state index in [0.717, 1.165) is 12.3 Å². The van der Waals surface area contributed by atoms with Gasteiger partial charge in [-0.05, 0) is 19.1 Å². The van der Waals surface area contributed by atoms with Gasteiger partial charge in [-0.2, -0.15) is 0 Å². The molecule has 1 aliphatic rings. The Labute approximate surface area is 119 Å². The second-order valence-electron chi connectivity index (χ2n) is 4.66. The first-order valence-corrected chi connectivity index (χ1v) is 6.95. The van der Waals surface area contributed by atoms with Crippen molar-refractivity contribution in [2.24, 2.45) is 0 Å². The topological polar surface area (TPSA) is 48.0 Å². The summed E-state index contributed by atoms with van der Waals surface area (Å²) in [4.78, 5) is 13.5. The van der Waals surface area contributed by atoms with Crippen molar-refractivity contribution < 1.29 is 19.0 Å². The van der Waals surface area contributed by atoms with E-state index in [1.165, 1.54) is 0 Å². The van der Waals surface area contributed by atoms with Gasteiger partial charge in [-0.3, -0.25) is 9.69 Å². The molecule has 110 valence electrons. The molecule has 1 unspecified atom stereocenters. The Morgan fingerprint density at radius 3 is 2.95 bits per heavy atom. The predicted octanol–water partition coefficient (Wildman–Crippen LogP) is 1.33. The van der Waals surface area contributed by atoms with E-state index in [1.54, 1.807) is 0 Å². The average molecular weight is 279 g/mol. The van der Waals surface area contributed by atoms with Crippen molar-refractivity contribution in [2.75, 3.05) is 39.5 Å². The van der Waals surface area contributed by atoms with Gasteiger partial charge in [0.05, 0.1) is 19.8 Å². The van der Waals surface area contributed by atoms with Crippen molar-refractivity contribution in [3.05, 3.63) is 30.3 Å². The molecule has 0 saturated carbocycles. The lowest BCUT2D eigenvalue weighted by Gasteiger charge is -2.31. The first-order chi connectivity index (χ1) is 9.78. The van der Waals surface area contributed by atoms with E-state index in [9.17, 15) is 4.79 Å². The van der Waals surface area contributed by atoms with E-state index in [0.29, 0.717) is 32.9 Å². The van der Waals surface area contributed by atoms with Crippen LogP contribution < -0.4 is 4.74 Å². The molecule has 0 bridgehead atoms. The number of carbonyl (C=O) groups is 1. The van der Waals surface area contributed by atoms with Crippen molar-refractivity contribution in [3.63, 3.8) is 0 Å². The Hall–Kier alpha value is -1.59. The highest BCUT2D eigenvalue weighted by atomic mass is 16.5. The number of hydrogen-bond acceptors (Lipinski definition) is 5. The summed E-state index contributed by atoms with van der Waals surface area (Å²) < 4.78 is 16.3. The molecular weight excluding hydrogens is 258 g/mol. The minimum Gasteiger partial charge on any atom is -0.491 e. The fourth-order valence-corrected chi connectivity index (χ4v) is 2.12. The highest BCUT2D eigenvalue weighted by molar-refractivity contribution is 5.71. The molecule has 1 saturated heterocycles. The van der Waals surface area contributed by atoms with E-state index in [4.69, 9.17) is 14.2 Å². The standard InChI is InChI=1S/C15H21NO4/c1-2-18-15(17)11-16-8-9-19-14(10-16)12-20-13-6-4-3-5-7-13/h3-7,14H,2,8-12H2,1H3. The Bertz CT molecular complexity index is 410. The van der Waals surface area contributed by atoms with Gasteiger partial charge in [-0.15, -0.1) is 0 Å². The van der Waals surface area contributed by atoms with E-state index < -0.39 is 0 Å². The zero-order valence-corrected chi connectivity index (χ0v) is 11.8. The van der Waals surface area contributed by atoms with E-state index in [2.05, 4.69) is 0 Å². The quantitative estimate of drug-likeness (QED) is 0.735. The minimum absolute atomic E-state index is 0.0154. The minimum atomic E-state index is -0.183. The summed E-state index contributed by atoms with van der Waals surface area (Å²) in [5.41, 5.74) is 0. The Morgan fingerprint density at radius 2 is 2.20 bits per heavy atom. The molecule has 1 aromatic rings. The second kappa shape index (κ2) is 7.87. The summed E-state index contributed by atoms with van der Waals surface area (Å²) in [5, 5.41) is 0. The van der Waals surface area contributed by atoms with Crippen LogP contribution >= 0.6 is 0 Å². The maximum atomic E-state index is 11.5. The molecule has 1 atom stereocenters. The number of carbonyl (C=O) groups excluding carboxylic acids is 1. The molecule has 0 spiro atoms. The third-order valence-electron chi connectivity index (χ3n) is 3.06. The van der Waals surface area contributed by atoms with Gasteiger partial charge < -0.3 is 14.2 Å². The van der Waals surface area contributed by atoms with Crippen molar-refractivity contribution >= 4 is 5.97 Å². The van der Waals surface area contributed by atoms with Crippen molar-refractivity contribution in [1.29, 1.82) is 0 Å². The van der Waals surface area contributed by atoms with Gasteiger partial charge in [0.2, 0.25) is 0 Å². The van der Waals surface area contributed by atoms with Crippen LogP contribution in [0.4, 0.5) is 0 Å². The van der Waals surface area contributed by atoms with Crippen LogP contribution in [0.25, 0.3) is 0 Å². The fourth-order valence-electron chi connectivity index (χ4n) is 2.12. The summed E-state index contributed by atoms with van der Waals surface area (Å²) in [7, 11) is 0. The van der Waals surface area contributed by atoms with Crippen LogP contribution in [-0.2, 0) is 14.3 Å². The number of rotatable bonds is 6. The summed E-state index contributed by atoms with van der Waals surface area (Å²) in [6, 6.07) is 9.65. The summed E-state index contributed by atoms with van der Waals surface area (Å²) in [6.07, 6.45) is -0.0154. The molecule has 0 aliphatic carbocycles. The van der Waals surface area contributed by atoms with Crippen LogP contribution in [0.1, 0.15) is 6.92 Å². The Kier molecular flexibility index (Phi) is 5.83. The molecular formula is C15H21NO4. The van der Waals surface area contributed by atoms with E-state index in [1.807, 2.05) is 42.2 Å². The fraction of sp³-hybridized carbons (Fsp3) is 0.533. The molecule has 0 amide bonds. The molecule has 20 heavy (non-hydrogen) atoms. The molecule has 1 fully saturated rings. The van der Waals surface area contributed by atoms with Gasteiger partial charge >= 0.3 is 5.97 Å². The highest BCUT2D eigenvalue weighted by Crippen LogP contribution is 2.11. The monoisotopic (exact) mass is 279 g/mol. The second-order valence-corrected chi connectivity index (χ2v) is 4.66. The third kappa shape index (κ3) is 4.83. The smallest absolute Gasteiger partial charge is 0.320 e. The number of benzene rings is 1. The molecule has 1 heterocycles. The van der Waals surface area contributed by atoms with Crippen molar-refractivity contribution in [2.45, 2.75) is 13.0 Å². The SMILES string of the molecule is CCOC(=O)CN1CCOC(COc2ccccc2)C1. The average Bonchev–Trinajstić information content (AvgIpc) is 2.47. The van der Waals surface area contributed by atoms with Crippen LogP contribution in [0.15, 0.2) is 30.3 Å². The van der Waals surface area contributed by atoms with Crippen LogP contribution in [0.5, 0.6) is 5.75 Å². The Morgan fingerprint density at radius 1 is 1.40 bits per heavy atom. The number of ether oxygens (including phenoxy) is 3. The van der Waals surface area contributed by atoms with Crippen molar-refractivity contribution in [3.8, 4) is 5.75 Å². The molecule has 0 aromatic heterocycles. The van der Waals surface area contributed by atoms with Crippen LogP contribution in [0.2, 0.25) is 0 Å². The normalized spacial score (nSPS) is 19.6. The number of morpholine rings is 1. The number of hydrogen-bond donors (Lipinski definition) is 0. The molecule has 2 rings (SSSR count). The van der Waals surface area contributed by atoms with Crippen LogP contribution in [-0.4, -0.2) is 56.4 Å². The summed E-state index contributed by atoms with van der Waals surface area (Å²) >= 11 is 0. The first kappa shape index (κ1) is 14.8. The van der Waals surface area contributed by atoms with E-state index >= 15 is 0 Å². The number of esters is 1. The van der Waals surface area contributed by atoms with Crippen LogP contribution in [0.3, 0.4) is 0 Å². The van der Waals surface area contributed by atoms with E-state index in [-0.39, 0.29) is 12.1 Å². The third-order valence-corrected chi connectivity index (χ3v) is 3.06. The molecule has 0 radical (unpaired) electrons. The lowest BCUT2D eigenvalue weighted by molar-refractivity contribution is -0.146. The zero-order chi connectivity index (χ0) is 14.2. The predicted molar refractivity (Wildman–Crippen MR) is 74.8 cm³/mol. The van der Waals surface area contributed by atoms with Gasteiger partial charge in [-0.25, -0.2) is 0 Å². The van der Waals surface area contributed by atoms with Gasteiger partial charge in [-0.1, -0.05) is 18.2 Å². The van der Waals surface area contributed by atoms with Gasteiger partial charge in [0.15, 0.2) is 0 Å². The highest BCUT2D eigenvalue weighted by Gasteiger charge is 2.23. The number of para-hydroxylation sites is 1. The van der Waals surface area contributed by atoms with Gasteiger partial charge in [0, 0.05) is 13.1 Å². The summed E-state index contributed by atoms with van der Waals surface area (Å²) in [6.45, 7) is 5.09.